The van der Waals surface area contributed by atoms with E-state index in [1.807, 2.05) is 19.1 Å². The summed E-state index contributed by atoms with van der Waals surface area (Å²) < 4.78 is 16.0. The van der Waals surface area contributed by atoms with Gasteiger partial charge in [0.1, 0.15) is 0 Å². The number of nitrogens with two attached hydrogens (primary N) is 1. The largest absolute Gasteiger partial charge is 0.493 e. The van der Waals surface area contributed by atoms with Gasteiger partial charge in [0.05, 0.1) is 39.5 Å². The Kier molecular flexibility index (Phi) is 3.99. The summed E-state index contributed by atoms with van der Waals surface area (Å²) in [6.45, 7) is 2.97. The van der Waals surface area contributed by atoms with Crippen molar-refractivity contribution in [2.45, 2.75) is 18.4 Å². The molecule has 19 heavy (non-hydrogen) atoms. The number of aliphatic hydroxyl groups excluding tert-OH is 1. The van der Waals surface area contributed by atoms with E-state index in [0.717, 1.165) is 11.1 Å². The summed E-state index contributed by atoms with van der Waals surface area (Å²) in [6.07, 6.45) is 0. The monoisotopic (exact) mass is 267 g/mol. The van der Waals surface area contributed by atoms with Crippen LogP contribution in [-0.4, -0.2) is 45.2 Å². The molecule has 1 aromatic rings. The van der Waals surface area contributed by atoms with Crippen LogP contribution in [0.15, 0.2) is 12.1 Å². The summed E-state index contributed by atoms with van der Waals surface area (Å²) in [5, 5.41) is 9.38. The zero-order valence-corrected chi connectivity index (χ0v) is 11.6. The van der Waals surface area contributed by atoms with Crippen LogP contribution in [0.25, 0.3) is 0 Å². The van der Waals surface area contributed by atoms with Crippen LogP contribution >= 0.6 is 0 Å². The van der Waals surface area contributed by atoms with Crippen LogP contribution in [0.1, 0.15) is 11.1 Å². The molecule has 1 aliphatic heterocycles. The van der Waals surface area contributed by atoms with Gasteiger partial charge in [0.2, 0.25) is 0 Å². The molecular weight excluding hydrogens is 246 g/mol. The summed E-state index contributed by atoms with van der Waals surface area (Å²) in [5.41, 5.74) is 7.85. The Bertz CT molecular complexity index is 457. The first-order valence-electron chi connectivity index (χ1n) is 6.26. The van der Waals surface area contributed by atoms with Crippen molar-refractivity contribution in [2.75, 3.05) is 34.0 Å². The van der Waals surface area contributed by atoms with Gasteiger partial charge in [-0.25, -0.2) is 0 Å². The lowest BCUT2D eigenvalue weighted by Crippen LogP contribution is -2.60. The number of hydrogen-bond donors (Lipinski definition) is 2. The van der Waals surface area contributed by atoms with E-state index in [9.17, 15) is 5.11 Å². The molecule has 0 amide bonds. The molecule has 106 valence electrons. The highest BCUT2D eigenvalue weighted by Gasteiger charge is 2.46. The molecule has 1 heterocycles. The van der Waals surface area contributed by atoms with Crippen molar-refractivity contribution < 1.29 is 19.3 Å². The number of rotatable bonds is 5. The lowest BCUT2D eigenvalue weighted by molar-refractivity contribution is -0.0801. The molecule has 1 fully saturated rings. The van der Waals surface area contributed by atoms with Gasteiger partial charge in [-0.15, -0.1) is 0 Å². The van der Waals surface area contributed by atoms with Gasteiger partial charge >= 0.3 is 0 Å². The quantitative estimate of drug-likeness (QED) is 0.817. The second kappa shape index (κ2) is 5.36. The fourth-order valence-electron chi connectivity index (χ4n) is 2.58. The van der Waals surface area contributed by atoms with E-state index < -0.39 is 0 Å². The molecule has 0 spiro atoms. The Labute approximate surface area is 113 Å². The number of methoxy groups -OCH3 is 2. The molecule has 5 heteroatoms. The fourth-order valence-corrected chi connectivity index (χ4v) is 2.58. The number of aryl methyl sites for hydroxylation is 1. The number of aliphatic hydroxyl groups is 1. The predicted octanol–water partition coefficient (Wildman–Crippen LogP) is 0.600. The van der Waals surface area contributed by atoms with Crippen molar-refractivity contribution >= 4 is 0 Å². The zero-order valence-electron chi connectivity index (χ0n) is 11.6. The standard InChI is InChI=1S/C14H21NO4/c1-9-4-11(17-2)12(18-3)5-10(9)14(7-19-8-14)13(15)6-16/h4-5,13,16H,6-8,15H2,1-3H3. The molecule has 1 aromatic carbocycles. The highest BCUT2D eigenvalue weighted by molar-refractivity contribution is 5.51. The van der Waals surface area contributed by atoms with Gasteiger partial charge in [0.15, 0.2) is 11.5 Å². The summed E-state index contributed by atoms with van der Waals surface area (Å²) in [5.74, 6) is 1.36. The Hall–Kier alpha value is -1.30. The fraction of sp³-hybridized carbons (Fsp3) is 0.571. The molecule has 0 radical (unpaired) electrons. The van der Waals surface area contributed by atoms with Crippen LogP contribution in [0.4, 0.5) is 0 Å². The van der Waals surface area contributed by atoms with Crippen LogP contribution < -0.4 is 15.2 Å². The van der Waals surface area contributed by atoms with E-state index in [1.165, 1.54) is 0 Å². The first-order chi connectivity index (χ1) is 9.08. The van der Waals surface area contributed by atoms with E-state index in [4.69, 9.17) is 19.9 Å². The Balaban J connectivity index is 2.49. The Morgan fingerprint density at radius 3 is 2.32 bits per heavy atom. The summed E-state index contributed by atoms with van der Waals surface area (Å²) in [6, 6.07) is 3.52. The average molecular weight is 267 g/mol. The number of benzene rings is 1. The van der Waals surface area contributed by atoms with Crippen molar-refractivity contribution in [2.24, 2.45) is 5.73 Å². The van der Waals surface area contributed by atoms with Gasteiger partial charge in [-0.05, 0) is 30.2 Å². The minimum Gasteiger partial charge on any atom is -0.493 e. The third kappa shape index (κ3) is 2.18. The molecule has 5 nitrogen and oxygen atoms in total. The van der Waals surface area contributed by atoms with Crippen LogP contribution in [0.5, 0.6) is 11.5 Å². The molecule has 2 rings (SSSR count). The van der Waals surface area contributed by atoms with Crippen LogP contribution in [-0.2, 0) is 10.2 Å². The lowest BCUT2D eigenvalue weighted by Gasteiger charge is -2.46. The first kappa shape index (κ1) is 14.1. The third-order valence-electron chi connectivity index (χ3n) is 3.89. The van der Waals surface area contributed by atoms with Crippen molar-refractivity contribution in [1.82, 2.24) is 0 Å². The maximum absolute atomic E-state index is 9.38. The van der Waals surface area contributed by atoms with Crippen molar-refractivity contribution in [3.05, 3.63) is 23.3 Å². The van der Waals surface area contributed by atoms with E-state index in [2.05, 4.69) is 0 Å². The molecule has 1 atom stereocenters. The molecule has 0 aliphatic carbocycles. The molecule has 3 N–H and O–H groups in total. The minimum absolute atomic E-state index is 0.0723. The van der Waals surface area contributed by atoms with Gasteiger partial charge in [-0.2, -0.15) is 0 Å². The zero-order chi connectivity index (χ0) is 14.0. The number of hydrogen-bond acceptors (Lipinski definition) is 5. The minimum atomic E-state index is -0.349. The average Bonchev–Trinajstić information content (AvgIpc) is 2.38. The Morgan fingerprint density at radius 2 is 1.89 bits per heavy atom. The van der Waals surface area contributed by atoms with Gasteiger partial charge in [-0.3, -0.25) is 0 Å². The van der Waals surface area contributed by atoms with Crippen molar-refractivity contribution in [3.8, 4) is 11.5 Å². The smallest absolute Gasteiger partial charge is 0.161 e. The maximum atomic E-state index is 9.38. The van der Waals surface area contributed by atoms with Gasteiger partial charge < -0.3 is 25.1 Å². The molecular formula is C14H21NO4. The second-order valence-electron chi connectivity index (χ2n) is 4.96. The summed E-state index contributed by atoms with van der Waals surface area (Å²) in [4.78, 5) is 0. The van der Waals surface area contributed by atoms with Crippen LogP contribution in [0, 0.1) is 6.92 Å². The van der Waals surface area contributed by atoms with E-state index >= 15 is 0 Å². The highest BCUT2D eigenvalue weighted by atomic mass is 16.5. The van der Waals surface area contributed by atoms with Crippen molar-refractivity contribution in [3.63, 3.8) is 0 Å². The first-order valence-corrected chi connectivity index (χ1v) is 6.26. The summed E-state index contributed by atoms with van der Waals surface area (Å²) >= 11 is 0. The highest BCUT2D eigenvalue weighted by Crippen LogP contribution is 2.41. The van der Waals surface area contributed by atoms with E-state index in [-0.39, 0.29) is 18.1 Å². The molecule has 0 aromatic heterocycles. The van der Waals surface area contributed by atoms with Crippen LogP contribution in [0.3, 0.4) is 0 Å². The summed E-state index contributed by atoms with van der Waals surface area (Å²) in [7, 11) is 3.21. The Morgan fingerprint density at radius 1 is 1.32 bits per heavy atom. The van der Waals surface area contributed by atoms with E-state index in [1.54, 1.807) is 14.2 Å². The predicted molar refractivity (Wildman–Crippen MR) is 71.8 cm³/mol. The van der Waals surface area contributed by atoms with Gasteiger partial charge in [-0.1, -0.05) is 0 Å². The molecule has 1 unspecified atom stereocenters. The lowest BCUT2D eigenvalue weighted by atomic mass is 9.71. The van der Waals surface area contributed by atoms with E-state index in [0.29, 0.717) is 24.7 Å². The molecule has 1 saturated heterocycles. The molecule has 1 aliphatic rings. The SMILES string of the molecule is COc1cc(C)c(C2(C(N)CO)COC2)cc1OC. The normalized spacial score (nSPS) is 18.6. The topological polar surface area (TPSA) is 73.9 Å². The number of ether oxygens (including phenoxy) is 3. The van der Waals surface area contributed by atoms with Crippen molar-refractivity contribution in [1.29, 1.82) is 0 Å². The third-order valence-corrected chi connectivity index (χ3v) is 3.89. The second-order valence-corrected chi connectivity index (χ2v) is 4.96. The van der Waals surface area contributed by atoms with Gasteiger partial charge in [0, 0.05) is 6.04 Å². The van der Waals surface area contributed by atoms with Crippen LogP contribution in [0.2, 0.25) is 0 Å². The molecule has 0 saturated carbocycles. The maximum Gasteiger partial charge on any atom is 0.161 e. The van der Waals surface area contributed by atoms with Gasteiger partial charge in [0.25, 0.3) is 0 Å². The molecule has 0 bridgehead atoms.